The van der Waals surface area contributed by atoms with Gasteiger partial charge in [-0.15, -0.1) is 12.6 Å². The van der Waals surface area contributed by atoms with Gasteiger partial charge in [-0.2, -0.15) is 16.8 Å². The van der Waals surface area contributed by atoms with Crippen molar-refractivity contribution < 1.29 is 25.9 Å². The number of hydrogen-bond acceptors (Lipinski definition) is 5. The minimum Gasteiger partial charge on any atom is -0.358 e. The first-order valence-electron chi connectivity index (χ1n) is 3.90. The maximum absolute atomic E-state index is 9.37. The van der Waals surface area contributed by atoms with E-state index in [1.807, 2.05) is 4.90 Å². The third-order valence-corrected chi connectivity index (χ3v) is 3.97. The molecule has 0 aromatic heterocycles. The molecule has 7 nitrogen and oxygen atoms in total. The fraction of sp³-hybridized carbons (Fsp3) is 0.800. The van der Waals surface area contributed by atoms with Gasteiger partial charge in [-0.1, -0.05) is 12.2 Å². The molecule has 0 saturated carbocycles. The van der Waals surface area contributed by atoms with Crippen molar-refractivity contribution in [3.8, 4) is 0 Å². The lowest BCUT2D eigenvalue weighted by Crippen LogP contribution is -2.24. The zero-order chi connectivity index (χ0) is 13.6. The number of thiol groups is 1. The highest BCUT2D eigenvalue weighted by atomic mass is 33.2. The second-order valence-corrected chi connectivity index (χ2v) is 7.66. The van der Waals surface area contributed by atoms with Crippen molar-refractivity contribution in [2.24, 2.45) is 0 Å². The maximum Gasteiger partial charge on any atom is 0.397 e. The van der Waals surface area contributed by atoms with E-state index >= 15 is 0 Å². The highest BCUT2D eigenvalue weighted by Gasteiger charge is 2.22. The van der Waals surface area contributed by atoms with Crippen molar-refractivity contribution in [3.05, 3.63) is 0 Å². The first-order valence-corrected chi connectivity index (χ1v) is 8.15. The summed E-state index contributed by atoms with van der Waals surface area (Å²) in [7, 11) is -10.6. The molecule has 98 valence electrons. The number of nitrogens with zero attached hydrogens (tertiary/aromatic N) is 1. The van der Waals surface area contributed by atoms with Gasteiger partial charge in [-0.3, -0.25) is 9.11 Å². The molecule has 0 aliphatic rings. The molecule has 0 bridgehead atoms. The molecule has 11 heteroatoms. The fourth-order valence-electron chi connectivity index (χ4n) is 0.494. The Hall–Kier alpha value is 0.0600. The zero-order valence-electron chi connectivity index (χ0n) is 8.56. The van der Waals surface area contributed by atoms with Crippen molar-refractivity contribution in [2.45, 2.75) is 13.8 Å². The second kappa shape index (κ2) is 7.40. The Morgan fingerprint density at radius 2 is 1.38 bits per heavy atom. The topological polar surface area (TPSA) is 112 Å². The standard InChI is InChI=1S/C5H11NS2.H2O6S2/c1-3-6(4-2)5(7)8;1-7(2,3)8(4,5)6/h3-4H2,1-2H3,(H,7,8);(H,1,2,3)(H,4,5,6). The van der Waals surface area contributed by atoms with Crippen LogP contribution in [0.2, 0.25) is 0 Å². The highest BCUT2D eigenvalue weighted by Crippen LogP contribution is 1.93. The SMILES string of the molecule is CCN(CC)C(=S)S.O=S(=O)(O)S(=O)(=O)O. The van der Waals surface area contributed by atoms with E-state index in [4.69, 9.17) is 21.3 Å². The van der Waals surface area contributed by atoms with Crippen molar-refractivity contribution in [1.29, 1.82) is 0 Å². The molecule has 0 rings (SSSR count). The van der Waals surface area contributed by atoms with Crippen molar-refractivity contribution in [3.63, 3.8) is 0 Å². The van der Waals surface area contributed by atoms with Gasteiger partial charge in [-0.25, -0.2) is 0 Å². The summed E-state index contributed by atoms with van der Waals surface area (Å²) in [4.78, 5) is 2.01. The average Bonchev–Trinajstić information content (AvgIpc) is 2.02. The van der Waals surface area contributed by atoms with Crippen LogP contribution in [0, 0.1) is 0 Å². The Morgan fingerprint density at radius 1 is 1.12 bits per heavy atom. The summed E-state index contributed by atoms with van der Waals surface area (Å²) >= 11 is 8.82. The normalized spacial score (nSPS) is 11.3. The van der Waals surface area contributed by atoms with E-state index in [0.717, 1.165) is 13.1 Å². The minimum atomic E-state index is -5.31. The van der Waals surface area contributed by atoms with E-state index in [-0.39, 0.29) is 0 Å². The molecular weight excluding hydrogens is 298 g/mol. The molecule has 2 N–H and O–H groups in total. The van der Waals surface area contributed by atoms with Crippen LogP contribution in [0.15, 0.2) is 0 Å². The van der Waals surface area contributed by atoms with E-state index in [9.17, 15) is 16.8 Å². The van der Waals surface area contributed by atoms with Gasteiger partial charge in [0.1, 0.15) is 4.32 Å². The summed E-state index contributed by atoms with van der Waals surface area (Å²) < 4.78 is 53.1. The van der Waals surface area contributed by atoms with Gasteiger partial charge in [0.05, 0.1) is 0 Å². The number of hydrogen-bond donors (Lipinski definition) is 3. The van der Waals surface area contributed by atoms with Gasteiger partial charge in [0.25, 0.3) is 0 Å². The molecule has 0 aromatic carbocycles. The molecule has 0 unspecified atom stereocenters. The molecule has 0 atom stereocenters. The van der Waals surface area contributed by atoms with Crippen molar-refractivity contribution in [1.82, 2.24) is 4.90 Å². The van der Waals surface area contributed by atoms with Crippen LogP contribution >= 0.6 is 24.8 Å². The Balaban J connectivity index is 0. The van der Waals surface area contributed by atoms with Crippen LogP contribution in [-0.2, 0) is 18.3 Å². The third-order valence-electron chi connectivity index (χ3n) is 1.30. The minimum absolute atomic E-state index is 0.690. The van der Waals surface area contributed by atoms with E-state index < -0.39 is 18.3 Å². The van der Waals surface area contributed by atoms with Crippen LogP contribution in [0.25, 0.3) is 0 Å². The molecule has 0 aliphatic carbocycles. The van der Waals surface area contributed by atoms with E-state index in [1.54, 1.807) is 0 Å². The maximum atomic E-state index is 9.37. The summed E-state index contributed by atoms with van der Waals surface area (Å²) in [6.45, 7) is 6.04. The van der Waals surface area contributed by atoms with Gasteiger partial charge in [-0.05, 0) is 13.8 Å². The van der Waals surface area contributed by atoms with Crippen LogP contribution in [0.5, 0.6) is 0 Å². The molecule has 0 aromatic rings. The Morgan fingerprint density at radius 3 is 1.38 bits per heavy atom. The van der Waals surface area contributed by atoms with E-state index in [1.165, 1.54) is 0 Å². The van der Waals surface area contributed by atoms with Gasteiger partial charge < -0.3 is 4.90 Å². The molecule has 0 fully saturated rings. The molecule has 0 saturated heterocycles. The van der Waals surface area contributed by atoms with Crippen LogP contribution in [-0.4, -0.2) is 48.3 Å². The molecule has 0 aliphatic heterocycles. The lowest BCUT2D eigenvalue weighted by Gasteiger charge is -2.16. The van der Waals surface area contributed by atoms with Gasteiger partial charge in [0.2, 0.25) is 0 Å². The van der Waals surface area contributed by atoms with Crippen LogP contribution in [0.4, 0.5) is 0 Å². The lowest BCUT2D eigenvalue weighted by molar-refractivity contribution is 0.460. The quantitative estimate of drug-likeness (QED) is 0.294. The highest BCUT2D eigenvalue weighted by molar-refractivity contribution is 8.62. The number of thiocarbonyl (C=S) groups is 1. The summed E-state index contributed by atoms with van der Waals surface area (Å²) in [5.74, 6) is 0. The Kier molecular flexibility index (Phi) is 8.52. The predicted octanol–water partition coefficient (Wildman–Crippen LogP) is 0.220. The van der Waals surface area contributed by atoms with E-state index in [2.05, 4.69) is 26.5 Å². The van der Waals surface area contributed by atoms with E-state index in [0.29, 0.717) is 4.32 Å². The summed E-state index contributed by atoms with van der Waals surface area (Å²) in [6.07, 6.45) is 0. The summed E-state index contributed by atoms with van der Waals surface area (Å²) in [5, 5.41) is 0. The predicted molar refractivity (Wildman–Crippen MR) is 67.6 cm³/mol. The first-order chi connectivity index (χ1) is 6.97. The summed E-state index contributed by atoms with van der Waals surface area (Å²) in [5.41, 5.74) is 0. The first kappa shape index (κ1) is 18.4. The molecule has 0 spiro atoms. The zero-order valence-corrected chi connectivity index (χ0v) is 11.9. The van der Waals surface area contributed by atoms with Crippen LogP contribution in [0.1, 0.15) is 13.8 Å². The third kappa shape index (κ3) is 8.24. The molecule has 16 heavy (non-hydrogen) atoms. The van der Waals surface area contributed by atoms with Gasteiger partial charge >= 0.3 is 18.3 Å². The average molecular weight is 311 g/mol. The molecule has 0 amide bonds. The monoisotopic (exact) mass is 311 g/mol. The van der Waals surface area contributed by atoms with Gasteiger partial charge in [0.15, 0.2) is 0 Å². The van der Waals surface area contributed by atoms with Crippen LogP contribution in [0.3, 0.4) is 0 Å². The second-order valence-electron chi connectivity index (χ2n) is 2.31. The number of rotatable bonds is 3. The molecule has 0 heterocycles. The van der Waals surface area contributed by atoms with Crippen molar-refractivity contribution in [2.75, 3.05) is 13.1 Å². The van der Waals surface area contributed by atoms with Crippen LogP contribution < -0.4 is 0 Å². The smallest absolute Gasteiger partial charge is 0.358 e. The lowest BCUT2D eigenvalue weighted by atomic mass is 10.6. The fourth-order valence-corrected chi connectivity index (χ4v) is 1.04. The van der Waals surface area contributed by atoms with Crippen molar-refractivity contribution >= 4 is 47.5 Å². The Labute approximate surface area is 105 Å². The van der Waals surface area contributed by atoms with Gasteiger partial charge in [0, 0.05) is 13.1 Å². The molecular formula is C5H13NO6S4. The Bertz CT molecular complexity index is 378. The summed E-state index contributed by atoms with van der Waals surface area (Å²) in [6, 6.07) is 0. The largest absolute Gasteiger partial charge is 0.397 e. The molecule has 0 radical (unpaired) electrons.